The molecule has 2 rings (SSSR count). The lowest BCUT2D eigenvalue weighted by atomic mass is 10.1. The van der Waals surface area contributed by atoms with Crippen molar-refractivity contribution in [3.8, 4) is 0 Å². The summed E-state index contributed by atoms with van der Waals surface area (Å²) in [7, 11) is 0. The third kappa shape index (κ3) is 2.69. The van der Waals surface area contributed by atoms with Crippen molar-refractivity contribution in [3.05, 3.63) is 49.6 Å². The molecule has 2 N–H and O–H groups in total. The molecule has 104 valence electrons. The molecule has 2 aromatic rings. The number of halogens is 1. The number of amides is 1. The number of carbonyl (C=O) groups is 1. The van der Waals surface area contributed by atoms with E-state index in [9.17, 15) is 14.9 Å². The molecule has 0 unspecified atom stereocenters. The molecule has 8 heteroatoms. The topological polar surface area (TPSA) is 101 Å². The number of nitro groups is 1. The van der Waals surface area contributed by atoms with Gasteiger partial charge in [0.2, 0.25) is 0 Å². The van der Waals surface area contributed by atoms with Gasteiger partial charge in [-0.1, -0.05) is 21.0 Å². The number of nitrogens with one attached hydrogen (secondary N) is 2. The first-order valence-corrected chi connectivity index (χ1v) is 6.45. The minimum atomic E-state index is -0.681. The lowest BCUT2D eigenvalue weighted by Crippen LogP contribution is -2.13. The second-order valence-corrected chi connectivity index (χ2v) is 5.06. The summed E-state index contributed by atoms with van der Waals surface area (Å²) < 4.78 is 0.963. The fourth-order valence-electron chi connectivity index (χ4n) is 1.80. The maximum atomic E-state index is 12.0. The van der Waals surface area contributed by atoms with Crippen LogP contribution in [0.5, 0.6) is 0 Å². The van der Waals surface area contributed by atoms with E-state index in [2.05, 4.69) is 31.4 Å². The first-order valence-electron chi connectivity index (χ1n) is 5.66. The molecule has 0 aliphatic rings. The quantitative estimate of drug-likeness (QED) is 0.663. The van der Waals surface area contributed by atoms with Gasteiger partial charge in [-0.05, 0) is 42.0 Å². The van der Waals surface area contributed by atoms with Crippen LogP contribution in [0.4, 0.5) is 11.5 Å². The number of aromatic amines is 1. The minimum Gasteiger partial charge on any atom is -0.358 e. The van der Waals surface area contributed by atoms with Crippen molar-refractivity contribution in [3.63, 3.8) is 0 Å². The zero-order valence-electron chi connectivity index (χ0n) is 10.7. The molecule has 0 atom stereocenters. The smallest absolute Gasteiger partial charge is 0.355 e. The first kappa shape index (κ1) is 14.2. The number of H-pyrrole nitrogens is 1. The summed E-state index contributed by atoms with van der Waals surface area (Å²) >= 11 is 3.43. The molecule has 1 aromatic heterocycles. The standard InChI is InChI=1S/C12H11BrN4O3/c1-6-3-8(4-7(2)10(6)13)15-12(18)9-5-14-16-11(9)17(19)20/h3-5H,1-2H3,(H,14,16)(H,15,18). The average molecular weight is 339 g/mol. The molecule has 1 heterocycles. The van der Waals surface area contributed by atoms with Crippen LogP contribution in [0.2, 0.25) is 0 Å². The van der Waals surface area contributed by atoms with Gasteiger partial charge in [-0.3, -0.25) is 4.79 Å². The van der Waals surface area contributed by atoms with Gasteiger partial charge < -0.3 is 15.4 Å². The number of benzene rings is 1. The number of aryl methyl sites for hydroxylation is 2. The largest absolute Gasteiger partial charge is 0.358 e. The second-order valence-electron chi connectivity index (χ2n) is 4.27. The van der Waals surface area contributed by atoms with Gasteiger partial charge in [-0.2, -0.15) is 0 Å². The van der Waals surface area contributed by atoms with Crippen molar-refractivity contribution in [2.45, 2.75) is 13.8 Å². The molecule has 0 aliphatic heterocycles. The van der Waals surface area contributed by atoms with E-state index >= 15 is 0 Å². The van der Waals surface area contributed by atoms with Gasteiger partial charge in [0, 0.05) is 10.2 Å². The van der Waals surface area contributed by atoms with Gasteiger partial charge in [0.05, 0.1) is 6.20 Å². The SMILES string of the molecule is Cc1cc(NC(=O)c2cn[nH]c2[N+](=O)[O-])cc(C)c1Br. The number of rotatable bonds is 3. The third-order valence-electron chi connectivity index (χ3n) is 2.74. The highest BCUT2D eigenvalue weighted by molar-refractivity contribution is 9.10. The highest BCUT2D eigenvalue weighted by Crippen LogP contribution is 2.25. The van der Waals surface area contributed by atoms with E-state index in [1.807, 2.05) is 13.8 Å². The Kier molecular flexibility index (Phi) is 3.84. The number of anilines is 1. The van der Waals surface area contributed by atoms with Gasteiger partial charge in [-0.15, -0.1) is 5.10 Å². The highest BCUT2D eigenvalue weighted by atomic mass is 79.9. The molecule has 0 radical (unpaired) electrons. The summed E-state index contributed by atoms with van der Waals surface area (Å²) in [4.78, 5) is 22.1. The fraction of sp³-hybridized carbons (Fsp3) is 0.167. The summed E-state index contributed by atoms with van der Waals surface area (Å²) in [5.74, 6) is -1.00. The molecule has 0 fully saturated rings. The normalized spacial score (nSPS) is 10.3. The Labute approximate surface area is 122 Å². The molecule has 0 saturated carbocycles. The summed E-state index contributed by atoms with van der Waals surface area (Å²) in [5, 5.41) is 19.1. The summed E-state index contributed by atoms with van der Waals surface area (Å²) in [6.45, 7) is 3.79. The van der Waals surface area contributed by atoms with Crippen molar-refractivity contribution in [2.24, 2.45) is 0 Å². The Balaban J connectivity index is 2.28. The van der Waals surface area contributed by atoms with Crippen molar-refractivity contribution >= 4 is 33.3 Å². The second kappa shape index (κ2) is 5.41. The number of hydrogen-bond donors (Lipinski definition) is 2. The molecular formula is C12H11BrN4O3. The molecular weight excluding hydrogens is 328 g/mol. The molecule has 0 saturated heterocycles. The van der Waals surface area contributed by atoms with E-state index in [4.69, 9.17) is 0 Å². The predicted molar refractivity (Wildman–Crippen MR) is 76.8 cm³/mol. The van der Waals surface area contributed by atoms with E-state index in [1.54, 1.807) is 12.1 Å². The molecule has 1 amide bonds. The first-order chi connectivity index (χ1) is 9.40. The van der Waals surface area contributed by atoms with E-state index in [0.717, 1.165) is 21.8 Å². The lowest BCUT2D eigenvalue weighted by Gasteiger charge is -2.08. The number of hydrogen-bond acceptors (Lipinski definition) is 4. The maximum absolute atomic E-state index is 12.0. The van der Waals surface area contributed by atoms with Crippen LogP contribution in [0, 0.1) is 24.0 Å². The lowest BCUT2D eigenvalue weighted by molar-refractivity contribution is -0.389. The van der Waals surface area contributed by atoms with Crippen molar-refractivity contribution in [2.75, 3.05) is 5.32 Å². The highest BCUT2D eigenvalue weighted by Gasteiger charge is 2.22. The molecule has 7 nitrogen and oxygen atoms in total. The van der Waals surface area contributed by atoms with Crippen LogP contribution < -0.4 is 5.32 Å². The van der Waals surface area contributed by atoms with Gasteiger partial charge in [0.1, 0.15) is 0 Å². The van der Waals surface area contributed by atoms with Gasteiger partial charge in [0.25, 0.3) is 5.91 Å². The van der Waals surface area contributed by atoms with E-state index in [1.165, 1.54) is 0 Å². The third-order valence-corrected chi connectivity index (χ3v) is 3.99. The van der Waals surface area contributed by atoms with Crippen LogP contribution in [0.25, 0.3) is 0 Å². The molecule has 0 aliphatic carbocycles. The summed E-state index contributed by atoms with van der Waals surface area (Å²) in [6.07, 6.45) is 1.13. The molecule has 0 spiro atoms. The summed E-state index contributed by atoms with van der Waals surface area (Å²) in [5.41, 5.74) is 2.39. The van der Waals surface area contributed by atoms with Crippen molar-refractivity contribution in [1.29, 1.82) is 0 Å². The van der Waals surface area contributed by atoms with Crippen LogP contribution in [-0.4, -0.2) is 21.0 Å². The van der Waals surface area contributed by atoms with Crippen LogP contribution in [0.15, 0.2) is 22.8 Å². The van der Waals surface area contributed by atoms with Crippen LogP contribution >= 0.6 is 15.9 Å². The number of nitrogens with zero attached hydrogens (tertiary/aromatic N) is 2. The van der Waals surface area contributed by atoms with Gasteiger partial charge in [-0.25, -0.2) is 0 Å². The zero-order valence-corrected chi connectivity index (χ0v) is 12.3. The Morgan fingerprint density at radius 1 is 1.40 bits per heavy atom. The van der Waals surface area contributed by atoms with Crippen LogP contribution in [-0.2, 0) is 0 Å². The Hall–Kier alpha value is -2.22. The fourth-order valence-corrected chi connectivity index (χ4v) is 2.03. The number of aromatic nitrogens is 2. The zero-order chi connectivity index (χ0) is 14.9. The average Bonchev–Trinajstić information content (AvgIpc) is 2.85. The summed E-state index contributed by atoms with van der Waals surface area (Å²) in [6, 6.07) is 3.56. The van der Waals surface area contributed by atoms with Gasteiger partial charge >= 0.3 is 5.82 Å². The maximum Gasteiger partial charge on any atom is 0.355 e. The molecule has 20 heavy (non-hydrogen) atoms. The van der Waals surface area contributed by atoms with E-state index in [0.29, 0.717) is 5.69 Å². The Bertz CT molecular complexity index is 673. The molecule has 0 bridgehead atoms. The van der Waals surface area contributed by atoms with E-state index in [-0.39, 0.29) is 5.56 Å². The van der Waals surface area contributed by atoms with E-state index < -0.39 is 16.6 Å². The van der Waals surface area contributed by atoms with Crippen LogP contribution in [0.1, 0.15) is 21.5 Å². The van der Waals surface area contributed by atoms with Crippen LogP contribution in [0.3, 0.4) is 0 Å². The number of carbonyl (C=O) groups excluding carboxylic acids is 1. The molecule has 1 aromatic carbocycles. The van der Waals surface area contributed by atoms with Gasteiger partial charge in [0.15, 0.2) is 5.56 Å². The monoisotopic (exact) mass is 338 g/mol. The Morgan fingerprint density at radius 2 is 2.00 bits per heavy atom. The minimum absolute atomic E-state index is 0.103. The van der Waals surface area contributed by atoms with Crippen molar-refractivity contribution < 1.29 is 9.72 Å². The van der Waals surface area contributed by atoms with Crippen molar-refractivity contribution in [1.82, 2.24) is 10.2 Å². The Morgan fingerprint density at radius 3 is 2.55 bits per heavy atom. The predicted octanol–water partition coefficient (Wildman–Crippen LogP) is 2.95.